The van der Waals surface area contributed by atoms with Crippen LogP contribution >= 0.6 is 0 Å². The number of fused-ring (bicyclic) bond motifs is 4. The third kappa shape index (κ3) is 8.03. The SMILES string of the molecule is CCCC(NC(=O)[C@@H]1C[C@@H]2CN1C(=O)[C@H](C(C)C)NC(=O)Cc1cccc(c1)OCCC(C)(C)O2)C(=O)C(N)=O. The number of ketones is 1. The minimum Gasteiger partial charge on any atom is -0.493 e. The van der Waals surface area contributed by atoms with Gasteiger partial charge < -0.3 is 30.7 Å². The largest absolute Gasteiger partial charge is 0.493 e. The quantitative estimate of drug-likeness (QED) is 0.425. The number of carbonyl (C=O) groups is 5. The predicted octanol–water partition coefficient (Wildman–Crippen LogP) is 1.26. The van der Waals surface area contributed by atoms with Crippen LogP contribution < -0.4 is 21.1 Å². The van der Waals surface area contributed by atoms with E-state index in [0.29, 0.717) is 25.2 Å². The van der Waals surface area contributed by atoms with E-state index in [4.69, 9.17) is 15.2 Å². The van der Waals surface area contributed by atoms with Gasteiger partial charge in [-0.25, -0.2) is 0 Å². The van der Waals surface area contributed by atoms with Gasteiger partial charge in [-0.2, -0.15) is 0 Å². The number of nitrogens with one attached hydrogen (secondary N) is 2. The first-order chi connectivity index (χ1) is 18.8. The highest BCUT2D eigenvalue weighted by Gasteiger charge is 2.45. The van der Waals surface area contributed by atoms with E-state index >= 15 is 0 Å². The normalized spacial score (nSPS) is 24.1. The second kappa shape index (κ2) is 13.3. The van der Waals surface area contributed by atoms with Crippen molar-refractivity contribution >= 4 is 29.4 Å². The molecule has 4 atom stereocenters. The molecule has 1 unspecified atom stereocenters. The van der Waals surface area contributed by atoms with E-state index in [9.17, 15) is 24.0 Å². The van der Waals surface area contributed by atoms with E-state index in [0.717, 1.165) is 5.56 Å². The molecule has 0 spiro atoms. The molecular weight excluding hydrogens is 516 g/mol. The maximum Gasteiger partial charge on any atom is 0.287 e. The molecule has 2 aliphatic rings. The van der Waals surface area contributed by atoms with Crippen LogP contribution in [0.4, 0.5) is 0 Å². The van der Waals surface area contributed by atoms with Gasteiger partial charge in [-0.15, -0.1) is 0 Å². The zero-order valence-electron chi connectivity index (χ0n) is 24.0. The van der Waals surface area contributed by atoms with Crippen molar-refractivity contribution in [3.05, 3.63) is 29.8 Å². The standard InChI is InChI=1S/C29H42N4O7/c1-6-8-21(25(35)26(30)36)31-27(37)22-15-20-16-33(22)28(38)24(17(2)3)32-23(34)14-18-9-7-10-19(13-18)39-12-11-29(4,5)40-20/h7,9-10,13,17,20-22,24H,6,8,11-12,14-16H2,1-5H3,(H2,30,36)(H,31,37)(H,32,34)/t20-,21?,22+,24+/m1/s1. The van der Waals surface area contributed by atoms with Crippen molar-refractivity contribution in [2.45, 2.75) is 96.6 Å². The second-order valence-corrected chi connectivity index (χ2v) is 11.5. The van der Waals surface area contributed by atoms with Crippen molar-refractivity contribution in [2.24, 2.45) is 11.7 Å². The Morgan fingerprint density at radius 3 is 2.60 bits per heavy atom. The number of nitrogens with zero attached hydrogens (tertiary/aromatic N) is 1. The van der Waals surface area contributed by atoms with Gasteiger partial charge in [-0.3, -0.25) is 24.0 Å². The van der Waals surface area contributed by atoms with Crippen LogP contribution in [0.3, 0.4) is 0 Å². The Kier molecular flexibility index (Phi) is 10.3. The topological polar surface area (TPSA) is 157 Å². The van der Waals surface area contributed by atoms with Crippen LogP contribution in [0.1, 0.15) is 65.9 Å². The number of benzene rings is 1. The van der Waals surface area contributed by atoms with Crippen LogP contribution in [0, 0.1) is 5.92 Å². The Hall–Kier alpha value is -3.47. The van der Waals surface area contributed by atoms with E-state index in [1.165, 1.54) is 4.90 Å². The van der Waals surface area contributed by atoms with Crippen molar-refractivity contribution in [3.8, 4) is 5.75 Å². The molecule has 0 saturated carbocycles. The van der Waals surface area contributed by atoms with E-state index in [2.05, 4.69) is 10.6 Å². The number of ether oxygens (including phenoxy) is 2. The number of hydrogen-bond donors (Lipinski definition) is 3. The van der Waals surface area contributed by atoms with Gasteiger partial charge in [0.25, 0.3) is 5.91 Å². The number of Topliss-reactive ketones (excluding diaryl/α,β-unsaturated/α-hetero) is 1. The molecule has 11 nitrogen and oxygen atoms in total. The Morgan fingerprint density at radius 1 is 1.23 bits per heavy atom. The lowest BCUT2D eigenvalue weighted by molar-refractivity contribution is -0.144. The second-order valence-electron chi connectivity index (χ2n) is 11.5. The van der Waals surface area contributed by atoms with E-state index in [-0.39, 0.29) is 37.6 Å². The molecule has 2 heterocycles. The first-order valence-electron chi connectivity index (χ1n) is 13.9. The third-order valence-corrected chi connectivity index (χ3v) is 7.27. The molecule has 0 aliphatic carbocycles. The van der Waals surface area contributed by atoms with Crippen LogP contribution in [0.2, 0.25) is 0 Å². The Bertz CT molecular complexity index is 1120. The van der Waals surface area contributed by atoms with Crippen molar-refractivity contribution in [1.82, 2.24) is 15.5 Å². The van der Waals surface area contributed by atoms with Gasteiger partial charge in [0.2, 0.25) is 23.5 Å². The van der Waals surface area contributed by atoms with Crippen molar-refractivity contribution < 1.29 is 33.4 Å². The van der Waals surface area contributed by atoms with Crippen LogP contribution in [-0.2, 0) is 35.1 Å². The fraction of sp³-hybridized carbons (Fsp3) is 0.621. The Labute approximate surface area is 235 Å². The van der Waals surface area contributed by atoms with E-state index in [1.807, 2.05) is 52.8 Å². The summed E-state index contributed by atoms with van der Waals surface area (Å²) in [5, 5.41) is 5.49. The molecule has 4 bridgehead atoms. The summed E-state index contributed by atoms with van der Waals surface area (Å²) in [4.78, 5) is 65.7. The van der Waals surface area contributed by atoms with Gasteiger partial charge >= 0.3 is 0 Å². The number of carbonyl (C=O) groups excluding carboxylic acids is 5. The first-order valence-corrected chi connectivity index (χ1v) is 13.9. The summed E-state index contributed by atoms with van der Waals surface area (Å²) in [6.45, 7) is 9.80. The highest BCUT2D eigenvalue weighted by atomic mass is 16.5. The molecule has 2 aliphatic heterocycles. The van der Waals surface area contributed by atoms with Gasteiger partial charge in [0, 0.05) is 19.4 Å². The lowest BCUT2D eigenvalue weighted by atomic mass is 10.0. The molecule has 40 heavy (non-hydrogen) atoms. The average molecular weight is 559 g/mol. The van der Waals surface area contributed by atoms with Crippen molar-refractivity contribution in [2.75, 3.05) is 13.2 Å². The summed E-state index contributed by atoms with van der Waals surface area (Å²) in [7, 11) is 0. The number of amides is 4. The summed E-state index contributed by atoms with van der Waals surface area (Å²) in [5.74, 6) is -2.97. The summed E-state index contributed by atoms with van der Waals surface area (Å²) in [6.07, 6.45) is 1.06. The highest BCUT2D eigenvalue weighted by Crippen LogP contribution is 2.29. The minimum absolute atomic E-state index is 0.0583. The monoisotopic (exact) mass is 558 g/mol. The van der Waals surface area contributed by atoms with Crippen LogP contribution in [0.5, 0.6) is 5.75 Å². The summed E-state index contributed by atoms with van der Waals surface area (Å²) in [5.41, 5.74) is 5.31. The van der Waals surface area contributed by atoms with Crippen molar-refractivity contribution in [3.63, 3.8) is 0 Å². The Morgan fingerprint density at radius 2 is 1.95 bits per heavy atom. The molecule has 1 aromatic rings. The number of nitrogens with two attached hydrogens (primary N) is 1. The summed E-state index contributed by atoms with van der Waals surface area (Å²) in [6, 6.07) is 4.33. The van der Waals surface area contributed by atoms with Crippen LogP contribution in [0.15, 0.2) is 24.3 Å². The number of hydrogen-bond acceptors (Lipinski definition) is 7. The van der Waals surface area contributed by atoms with Gasteiger partial charge in [0.15, 0.2) is 0 Å². The summed E-state index contributed by atoms with van der Waals surface area (Å²) >= 11 is 0. The fourth-order valence-electron chi connectivity index (χ4n) is 5.14. The van der Waals surface area contributed by atoms with Gasteiger partial charge in [-0.1, -0.05) is 39.3 Å². The summed E-state index contributed by atoms with van der Waals surface area (Å²) < 4.78 is 12.3. The molecule has 1 saturated heterocycles. The molecule has 3 rings (SSSR count). The maximum atomic E-state index is 13.9. The lowest BCUT2D eigenvalue weighted by Crippen LogP contribution is -2.57. The fourth-order valence-corrected chi connectivity index (χ4v) is 5.14. The molecule has 0 aromatic heterocycles. The molecule has 1 aromatic carbocycles. The van der Waals surface area contributed by atoms with E-state index < -0.39 is 53.3 Å². The molecule has 0 radical (unpaired) electrons. The van der Waals surface area contributed by atoms with Gasteiger partial charge in [0.1, 0.15) is 17.8 Å². The minimum atomic E-state index is -1.13. The molecule has 4 amide bonds. The molecule has 11 heteroatoms. The molecular formula is C29H42N4O7. The van der Waals surface area contributed by atoms with Gasteiger partial charge in [-0.05, 0) is 43.9 Å². The van der Waals surface area contributed by atoms with Gasteiger partial charge in [0.05, 0.1) is 30.8 Å². The zero-order valence-corrected chi connectivity index (χ0v) is 24.0. The predicted molar refractivity (Wildman–Crippen MR) is 147 cm³/mol. The number of primary amides is 1. The van der Waals surface area contributed by atoms with Crippen molar-refractivity contribution in [1.29, 1.82) is 0 Å². The highest BCUT2D eigenvalue weighted by molar-refractivity contribution is 6.37. The Balaban J connectivity index is 1.93. The lowest BCUT2D eigenvalue weighted by Gasteiger charge is -2.31. The van der Waals surface area contributed by atoms with Crippen LogP contribution in [-0.4, -0.2) is 77.3 Å². The smallest absolute Gasteiger partial charge is 0.287 e. The molecule has 4 N–H and O–H groups in total. The molecule has 220 valence electrons. The maximum absolute atomic E-state index is 13.9. The van der Waals surface area contributed by atoms with E-state index in [1.54, 1.807) is 6.07 Å². The third-order valence-electron chi connectivity index (χ3n) is 7.27. The zero-order chi connectivity index (χ0) is 29.6. The first kappa shape index (κ1) is 31.1. The average Bonchev–Trinajstić information content (AvgIpc) is 3.28. The number of rotatable bonds is 7. The van der Waals surface area contributed by atoms with Crippen LogP contribution in [0.25, 0.3) is 0 Å². The molecule has 1 fully saturated rings.